The first-order valence-corrected chi connectivity index (χ1v) is 10.4. The molecule has 1 fully saturated rings. The van der Waals surface area contributed by atoms with E-state index in [1.165, 1.54) is 24.0 Å². The van der Waals surface area contributed by atoms with E-state index in [9.17, 15) is 29.9 Å². The number of nitro benzene ring substituents is 1. The SMILES string of the molecule is Cc1ccncc1C1(Cc2ccc([N+](=O)[O-])cc2)C(S)=C(C(=O)O)N2C(=O)[C@@H]([C@@H](C)O)C21. The first kappa shape index (κ1) is 22.0. The Hall–Kier alpha value is -3.24. The number of β-lactam (4-membered cyclic amide) rings is 1. The van der Waals surface area contributed by atoms with E-state index >= 15 is 0 Å². The number of benzene rings is 1. The zero-order chi connectivity index (χ0) is 23.4. The van der Waals surface area contributed by atoms with Gasteiger partial charge >= 0.3 is 5.97 Å². The summed E-state index contributed by atoms with van der Waals surface area (Å²) < 4.78 is 0. The zero-order valence-corrected chi connectivity index (χ0v) is 18.2. The largest absolute Gasteiger partial charge is 0.477 e. The molecule has 166 valence electrons. The number of non-ortho nitro benzene ring substituents is 1. The van der Waals surface area contributed by atoms with Crippen molar-refractivity contribution in [3.8, 4) is 0 Å². The van der Waals surface area contributed by atoms with Crippen molar-refractivity contribution in [1.82, 2.24) is 9.88 Å². The van der Waals surface area contributed by atoms with Gasteiger partial charge in [0, 0.05) is 29.4 Å². The number of thiol groups is 1. The van der Waals surface area contributed by atoms with Gasteiger partial charge in [-0.2, -0.15) is 0 Å². The van der Waals surface area contributed by atoms with E-state index in [1.807, 2.05) is 6.92 Å². The molecular formula is C22H21N3O6S. The lowest BCUT2D eigenvalue weighted by molar-refractivity contribution is -0.384. The number of carbonyl (C=O) groups is 2. The minimum Gasteiger partial charge on any atom is -0.477 e. The number of carboxylic acids is 1. The molecule has 1 amide bonds. The van der Waals surface area contributed by atoms with Crippen LogP contribution in [0.15, 0.2) is 53.3 Å². The number of hydrogen-bond donors (Lipinski definition) is 3. The topological polar surface area (TPSA) is 134 Å². The Morgan fingerprint density at radius 1 is 1.34 bits per heavy atom. The molecule has 2 unspecified atom stereocenters. The number of carboxylic acid groups (broad SMARTS) is 1. The highest BCUT2D eigenvalue weighted by Gasteiger charge is 2.68. The maximum Gasteiger partial charge on any atom is 0.353 e. The normalized spacial score (nSPS) is 25.4. The number of aryl methyl sites for hydroxylation is 1. The summed E-state index contributed by atoms with van der Waals surface area (Å²) in [6.07, 6.45) is 2.45. The summed E-state index contributed by atoms with van der Waals surface area (Å²) in [5.74, 6) is -2.59. The third kappa shape index (κ3) is 3.01. The molecule has 0 radical (unpaired) electrons. The molecule has 9 nitrogen and oxygen atoms in total. The number of fused-ring (bicyclic) bond motifs is 1. The monoisotopic (exact) mass is 455 g/mol. The molecule has 10 heteroatoms. The zero-order valence-electron chi connectivity index (χ0n) is 17.3. The fourth-order valence-electron chi connectivity index (χ4n) is 4.99. The van der Waals surface area contributed by atoms with Crippen LogP contribution in [-0.4, -0.2) is 49.0 Å². The number of nitrogens with zero attached hydrogens (tertiary/aromatic N) is 3. The maximum absolute atomic E-state index is 12.9. The summed E-state index contributed by atoms with van der Waals surface area (Å²) in [6.45, 7) is 3.36. The van der Waals surface area contributed by atoms with Crippen molar-refractivity contribution in [3.05, 3.63) is 80.1 Å². The van der Waals surface area contributed by atoms with Crippen LogP contribution in [0.5, 0.6) is 0 Å². The van der Waals surface area contributed by atoms with Crippen molar-refractivity contribution in [2.24, 2.45) is 5.92 Å². The molecule has 1 saturated heterocycles. The fraction of sp³-hybridized carbons (Fsp3) is 0.318. The Bertz CT molecular complexity index is 1160. The molecule has 4 rings (SSSR count). The molecule has 2 aliphatic heterocycles. The third-order valence-electron chi connectivity index (χ3n) is 6.41. The maximum atomic E-state index is 12.9. The standard InChI is InChI=1S/C22H21N3O6S/c1-11-7-8-23-10-15(11)22(9-13-3-5-14(6-4-13)25(30)31)18-16(12(2)26)20(27)24(18)17(19(22)32)21(28)29/h3-8,10,12,16,18,26,32H,9H2,1-2H3,(H,28,29)/t12-,16+,18?,22?/m1/s1. The van der Waals surface area contributed by atoms with Gasteiger partial charge in [0.2, 0.25) is 5.91 Å². The molecule has 2 N–H and O–H groups in total. The molecule has 4 atom stereocenters. The number of aliphatic hydroxyl groups excluding tert-OH is 1. The van der Waals surface area contributed by atoms with E-state index in [2.05, 4.69) is 17.6 Å². The van der Waals surface area contributed by atoms with E-state index in [0.29, 0.717) is 11.1 Å². The number of amides is 1. The number of hydrogen-bond acceptors (Lipinski definition) is 7. The van der Waals surface area contributed by atoms with Crippen molar-refractivity contribution in [2.45, 2.75) is 37.8 Å². The lowest BCUT2D eigenvalue weighted by atomic mass is 9.62. The summed E-state index contributed by atoms with van der Waals surface area (Å²) in [5, 5.41) is 31.3. The quantitative estimate of drug-likeness (QED) is 0.263. The number of carbonyl (C=O) groups excluding carboxylic acids is 1. The Labute approximate surface area is 189 Å². The second-order valence-electron chi connectivity index (χ2n) is 8.18. The summed E-state index contributed by atoms with van der Waals surface area (Å²) in [4.78, 5) is 41.2. The van der Waals surface area contributed by atoms with E-state index in [-0.39, 0.29) is 22.7 Å². The summed E-state index contributed by atoms with van der Waals surface area (Å²) in [6, 6.07) is 7.07. The Morgan fingerprint density at radius 3 is 2.53 bits per heavy atom. The van der Waals surface area contributed by atoms with Gasteiger partial charge in [-0.05, 0) is 43.0 Å². The van der Waals surface area contributed by atoms with Crippen LogP contribution in [0.3, 0.4) is 0 Å². The Morgan fingerprint density at radius 2 is 2.00 bits per heavy atom. The number of nitro groups is 1. The van der Waals surface area contributed by atoms with Gasteiger partial charge in [-0.25, -0.2) is 4.79 Å². The summed E-state index contributed by atoms with van der Waals surface area (Å²) in [7, 11) is 0. The predicted molar refractivity (Wildman–Crippen MR) is 117 cm³/mol. The van der Waals surface area contributed by atoms with E-state index in [0.717, 1.165) is 5.56 Å². The molecular weight excluding hydrogens is 434 g/mol. The lowest BCUT2D eigenvalue weighted by Crippen LogP contribution is -2.68. The average molecular weight is 455 g/mol. The fourth-order valence-corrected chi connectivity index (χ4v) is 5.52. The average Bonchev–Trinajstić information content (AvgIpc) is 2.94. The molecule has 3 heterocycles. The number of aromatic nitrogens is 1. The molecule has 1 aromatic heterocycles. The van der Waals surface area contributed by atoms with Gasteiger partial charge in [0.1, 0.15) is 5.70 Å². The second kappa shape index (κ2) is 7.72. The van der Waals surface area contributed by atoms with Gasteiger partial charge in [0.25, 0.3) is 5.69 Å². The number of pyridine rings is 1. The molecule has 2 aromatic rings. The molecule has 2 aliphatic rings. The summed E-state index contributed by atoms with van der Waals surface area (Å²) in [5.41, 5.74) is 0.825. The van der Waals surface area contributed by atoms with Gasteiger partial charge in [0.05, 0.1) is 28.4 Å². The van der Waals surface area contributed by atoms with Crippen LogP contribution in [0.4, 0.5) is 5.69 Å². The lowest BCUT2D eigenvalue weighted by Gasteiger charge is -2.52. The summed E-state index contributed by atoms with van der Waals surface area (Å²) >= 11 is 4.64. The first-order chi connectivity index (χ1) is 15.1. The van der Waals surface area contributed by atoms with Crippen LogP contribution >= 0.6 is 12.6 Å². The minimum atomic E-state index is -1.29. The van der Waals surface area contributed by atoms with Crippen LogP contribution in [-0.2, 0) is 21.4 Å². The smallest absolute Gasteiger partial charge is 0.353 e. The van der Waals surface area contributed by atoms with Gasteiger partial charge in [-0.15, -0.1) is 12.6 Å². The number of aliphatic hydroxyl groups is 1. The minimum absolute atomic E-state index is 0.0676. The van der Waals surface area contributed by atoms with E-state index in [4.69, 9.17) is 0 Å². The second-order valence-corrected chi connectivity index (χ2v) is 8.63. The van der Waals surface area contributed by atoms with Gasteiger partial charge in [-0.1, -0.05) is 12.1 Å². The van der Waals surface area contributed by atoms with Gasteiger partial charge in [-0.3, -0.25) is 24.8 Å². The van der Waals surface area contributed by atoms with E-state index < -0.39 is 40.3 Å². The van der Waals surface area contributed by atoms with Crippen molar-refractivity contribution >= 4 is 30.2 Å². The molecule has 0 saturated carbocycles. The van der Waals surface area contributed by atoms with Gasteiger partial charge in [0.15, 0.2) is 0 Å². The van der Waals surface area contributed by atoms with Crippen LogP contribution in [0.1, 0.15) is 23.6 Å². The predicted octanol–water partition coefficient (Wildman–Crippen LogP) is 2.23. The molecule has 32 heavy (non-hydrogen) atoms. The highest BCUT2D eigenvalue weighted by atomic mass is 32.1. The number of rotatable bonds is 6. The molecule has 0 bridgehead atoms. The van der Waals surface area contributed by atoms with Crippen molar-refractivity contribution in [1.29, 1.82) is 0 Å². The van der Waals surface area contributed by atoms with Crippen molar-refractivity contribution < 1.29 is 24.7 Å². The molecule has 0 aliphatic carbocycles. The first-order valence-electron chi connectivity index (χ1n) is 9.93. The number of aliphatic carboxylic acids is 1. The van der Waals surface area contributed by atoms with Crippen LogP contribution < -0.4 is 0 Å². The molecule has 1 aromatic carbocycles. The van der Waals surface area contributed by atoms with Crippen LogP contribution in [0.25, 0.3) is 0 Å². The van der Waals surface area contributed by atoms with Crippen molar-refractivity contribution in [3.63, 3.8) is 0 Å². The highest BCUT2D eigenvalue weighted by Crippen LogP contribution is 2.58. The third-order valence-corrected chi connectivity index (χ3v) is 7.02. The van der Waals surface area contributed by atoms with E-state index in [1.54, 1.807) is 30.6 Å². The highest BCUT2D eigenvalue weighted by molar-refractivity contribution is 7.84. The van der Waals surface area contributed by atoms with Gasteiger partial charge < -0.3 is 10.2 Å². The van der Waals surface area contributed by atoms with Crippen LogP contribution in [0, 0.1) is 23.0 Å². The molecule has 0 spiro atoms. The van der Waals surface area contributed by atoms with Crippen LogP contribution in [0.2, 0.25) is 0 Å². The Balaban J connectivity index is 1.96. The Kier molecular flexibility index (Phi) is 5.30. The van der Waals surface area contributed by atoms with Crippen molar-refractivity contribution in [2.75, 3.05) is 0 Å².